The monoisotopic (exact) mass is 288 g/mol. The molecule has 6 nitrogen and oxygen atoms in total. The van der Waals surface area contributed by atoms with E-state index in [1.54, 1.807) is 7.05 Å². The number of ether oxygens (including phenoxy) is 1. The van der Waals surface area contributed by atoms with Gasteiger partial charge in [-0.3, -0.25) is 9.69 Å². The first-order chi connectivity index (χ1) is 9.17. The molecule has 6 heteroatoms. The number of carbonyl (C=O) groups excluding carboxylic acids is 1. The van der Waals surface area contributed by atoms with Gasteiger partial charge in [0.25, 0.3) is 0 Å². The topological polar surface area (TPSA) is 78.9 Å². The van der Waals surface area contributed by atoms with E-state index in [9.17, 15) is 9.59 Å². The molecule has 0 saturated heterocycles. The van der Waals surface area contributed by atoms with Crippen LogP contribution in [0, 0.1) is 0 Å². The summed E-state index contributed by atoms with van der Waals surface area (Å²) < 4.78 is 5.11. The smallest absolute Gasteiger partial charge is 0.407 e. The van der Waals surface area contributed by atoms with Crippen LogP contribution < -0.4 is 5.32 Å². The normalized spacial score (nSPS) is 13.1. The van der Waals surface area contributed by atoms with E-state index >= 15 is 0 Å². The molecule has 0 bridgehead atoms. The number of nitrogens with one attached hydrogen (secondary N) is 1. The van der Waals surface area contributed by atoms with Crippen LogP contribution >= 0.6 is 0 Å². The Bertz CT molecular complexity index is 313. The van der Waals surface area contributed by atoms with Gasteiger partial charge in [-0.15, -0.1) is 0 Å². The summed E-state index contributed by atoms with van der Waals surface area (Å²) in [4.78, 5) is 24.3. The second kappa shape index (κ2) is 8.79. The van der Waals surface area contributed by atoms with Crippen molar-refractivity contribution in [2.24, 2.45) is 0 Å². The lowest BCUT2D eigenvalue weighted by atomic mass is 10.1. The molecule has 0 aliphatic carbocycles. The average molecular weight is 288 g/mol. The van der Waals surface area contributed by atoms with E-state index in [4.69, 9.17) is 9.84 Å². The van der Waals surface area contributed by atoms with Crippen molar-refractivity contribution in [3.05, 3.63) is 0 Å². The minimum Gasteiger partial charge on any atom is -0.480 e. The van der Waals surface area contributed by atoms with Crippen LogP contribution in [0.15, 0.2) is 0 Å². The van der Waals surface area contributed by atoms with Crippen LogP contribution in [-0.4, -0.2) is 53.8 Å². The van der Waals surface area contributed by atoms with Crippen LogP contribution in [0.3, 0.4) is 0 Å². The van der Waals surface area contributed by atoms with Gasteiger partial charge in [-0.25, -0.2) is 4.79 Å². The number of aliphatic carboxylic acids is 1. The van der Waals surface area contributed by atoms with E-state index in [-0.39, 0.29) is 0 Å². The van der Waals surface area contributed by atoms with Crippen LogP contribution in [0.4, 0.5) is 4.79 Å². The number of hydrogen-bond donors (Lipinski definition) is 2. The van der Waals surface area contributed by atoms with Crippen LogP contribution in [0.5, 0.6) is 0 Å². The number of alkyl carbamates (subject to hydrolysis) is 1. The maximum atomic E-state index is 11.4. The maximum Gasteiger partial charge on any atom is 0.407 e. The highest BCUT2D eigenvalue weighted by Gasteiger charge is 2.21. The first kappa shape index (κ1) is 18.7. The first-order valence-electron chi connectivity index (χ1n) is 7.07. The predicted molar refractivity (Wildman–Crippen MR) is 77.8 cm³/mol. The Hall–Kier alpha value is -1.30. The Labute approximate surface area is 121 Å². The molecule has 118 valence electrons. The molecule has 0 aromatic carbocycles. The van der Waals surface area contributed by atoms with E-state index in [1.807, 2.05) is 32.6 Å². The minimum absolute atomic E-state index is 0.441. The third-order valence-corrected chi connectivity index (χ3v) is 2.74. The molecule has 0 heterocycles. The summed E-state index contributed by atoms with van der Waals surface area (Å²) in [5.74, 6) is -0.797. The fourth-order valence-corrected chi connectivity index (χ4v) is 1.79. The Morgan fingerprint density at radius 1 is 1.35 bits per heavy atom. The van der Waals surface area contributed by atoms with Gasteiger partial charge in [-0.05, 0) is 40.7 Å². The first-order valence-corrected chi connectivity index (χ1v) is 7.07. The number of rotatable bonds is 8. The third-order valence-electron chi connectivity index (χ3n) is 2.74. The maximum absolute atomic E-state index is 11.4. The average Bonchev–Trinajstić information content (AvgIpc) is 2.28. The molecule has 0 aromatic rings. The van der Waals surface area contributed by atoms with Gasteiger partial charge >= 0.3 is 12.1 Å². The zero-order valence-corrected chi connectivity index (χ0v) is 13.2. The summed E-state index contributed by atoms with van der Waals surface area (Å²) in [7, 11) is 1.79. The van der Waals surface area contributed by atoms with Crippen LogP contribution in [0.2, 0.25) is 0 Å². The second-order valence-corrected chi connectivity index (χ2v) is 5.91. The van der Waals surface area contributed by atoms with Gasteiger partial charge in [-0.1, -0.05) is 13.3 Å². The van der Waals surface area contributed by atoms with Crippen molar-refractivity contribution in [3.63, 3.8) is 0 Å². The van der Waals surface area contributed by atoms with E-state index in [1.165, 1.54) is 0 Å². The molecule has 1 atom stereocenters. The lowest BCUT2D eigenvalue weighted by Crippen LogP contribution is -2.40. The number of carboxylic acids is 1. The molecular weight excluding hydrogens is 260 g/mol. The molecule has 2 N–H and O–H groups in total. The van der Waals surface area contributed by atoms with Gasteiger partial charge in [0.2, 0.25) is 0 Å². The number of carbonyl (C=O) groups is 2. The summed E-state index contributed by atoms with van der Waals surface area (Å²) in [6.45, 7) is 8.48. The van der Waals surface area contributed by atoms with Crippen molar-refractivity contribution in [3.8, 4) is 0 Å². The molecule has 0 rings (SSSR count). The Morgan fingerprint density at radius 3 is 2.40 bits per heavy atom. The molecule has 0 aliphatic rings. The summed E-state index contributed by atoms with van der Waals surface area (Å²) >= 11 is 0. The zero-order chi connectivity index (χ0) is 15.8. The molecule has 0 radical (unpaired) electrons. The van der Waals surface area contributed by atoms with Crippen molar-refractivity contribution < 1.29 is 19.4 Å². The Morgan fingerprint density at radius 2 is 1.95 bits per heavy atom. The highest BCUT2D eigenvalue weighted by molar-refractivity contribution is 5.73. The van der Waals surface area contributed by atoms with E-state index < -0.39 is 23.7 Å². The Balaban J connectivity index is 3.94. The molecule has 1 amide bonds. The second-order valence-electron chi connectivity index (χ2n) is 5.91. The quantitative estimate of drug-likeness (QED) is 0.669. The van der Waals surface area contributed by atoms with Crippen molar-refractivity contribution in [2.45, 2.75) is 58.6 Å². The van der Waals surface area contributed by atoms with Crippen LogP contribution in [0.1, 0.15) is 47.0 Å². The van der Waals surface area contributed by atoms with Crippen molar-refractivity contribution in [1.82, 2.24) is 10.2 Å². The number of likely N-dealkylation sites (N-methyl/N-ethyl adjacent to an activating group) is 1. The highest BCUT2D eigenvalue weighted by Crippen LogP contribution is 2.07. The number of hydrogen-bond acceptors (Lipinski definition) is 4. The molecule has 0 aromatic heterocycles. The van der Waals surface area contributed by atoms with Gasteiger partial charge < -0.3 is 15.2 Å². The fraction of sp³-hybridized carbons (Fsp3) is 0.857. The molecule has 0 fully saturated rings. The predicted octanol–water partition coefficient (Wildman–Crippen LogP) is 2.09. The number of carboxylic acid groups (broad SMARTS) is 1. The largest absolute Gasteiger partial charge is 0.480 e. The minimum atomic E-state index is -0.797. The molecule has 0 saturated carbocycles. The molecular formula is C14H28N2O4. The van der Waals surface area contributed by atoms with Crippen molar-refractivity contribution >= 4 is 12.1 Å². The number of amides is 1. The SMILES string of the molecule is CCC[C@@H](C(=O)O)N(C)CCCNC(=O)OC(C)(C)C. The van der Waals surface area contributed by atoms with Crippen LogP contribution in [0.25, 0.3) is 0 Å². The lowest BCUT2D eigenvalue weighted by molar-refractivity contribution is -0.143. The fourth-order valence-electron chi connectivity index (χ4n) is 1.79. The third kappa shape index (κ3) is 8.74. The summed E-state index contributed by atoms with van der Waals surface area (Å²) in [6, 6.07) is -0.457. The lowest BCUT2D eigenvalue weighted by Gasteiger charge is -2.24. The zero-order valence-electron chi connectivity index (χ0n) is 13.2. The van der Waals surface area contributed by atoms with Crippen LogP contribution in [-0.2, 0) is 9.53 Å². The highest BCUT2D eigenvalue weighted by atomic mass is 16.6. The van der Waals surface area contributed by atoms with E-state index in [0.29, 0.717) is 25.9 Å². The molecule has 0 aliphatic heterocycles. The molecule has 20 heavy (non-hydrogen) atoms. The van der Waals surface area contributed by atoms with Gasteiger partial charge in [0.05, 0.1) is 0 Å². The van der Waals surface area contributed by atoms with Gasteiger partial charge in [0.15, 0.2) is 0 Å². The standard InChI is InChI=1S/C14H28N2O4/c1-6-8-11(12(17)18)16(5)10-7-9-15-13(19)20-14(2,3)4/h11H,6-10H2,1-5H3,(H,15,19)(H,17,18)/t11-/m0/s1. The van der Waals surface area contributed by atoms with Crippen molar-refractivity contribution in [2.75, 3.05) is 20.1 Å². The van der Waals surface area contributed by atoms with E-state index in [0.717, 1.165) is 6.42 Å². The van der Waals surface area contributed by atoms with Gasteiger partial charge in [-0.2, -0.15) is 0 Å². The summed E-state index contributed by atoms with van der Waals surface area (Å²) in [5, 5.41) is 11.8. The summed E-state index contributed by atoms with van der Waals surface area (Å²) in [5.41, 5.74) is -0.504. The number of nitrogens with zero attached hydrogens (tertiary/aromatic N) is 1. The molecule has 0 unspecified atom stereocenters. The van der Waals surface area contributed by atoms with E-state index in [2.05, 4.69) is 5.32 Å². The van der Waals surface area contributed by atoms with Crippen molar-refractivity contribution in [1.29, 1.82) is 0 Å². The van der Waals surface area contributed by atoms with Gasteiger partial charge in [0, 0.05) is 13.1 Å². The van der Waals surface area contributed by atoms with Gasteiger partial charge in [0.1, 0.15) is 11.6 Å². The summed E-state index contributed by atoms with van der Waals surface area (Å²) in [6.07, 6.45) is 1.70. The molecule has 0 spiro atoms. The Kier molecular flexibility index (Phi) is 8.22.